The number of β-lactam (4-membered cyclic amide) rings is 1. The van der Waals surface area contributed by atoms with Gasteiger partial charge < -0.3 is 23.8 Å². The van der Waals surface area contributed by atoms with Gasteiger partial charge in [0.05, 0.1) is 7.11 Å². The maximum Gasteiger partial charge on any atom is 0.352 e. The van der Waals surface area contributed by atoms with Crippen LogP contribution in [0.3, 0.4) is 0 Å². The van der Waals surface area contributed by atoms with Gasteiger partial charge in [0.2, 0.25) is 6.10 Å². The molecule has 174 valence electrons. The predicted octanol–water partition coefficient (Wildman–Crippen LogP) is 3.22. The van der Waals surface area contributed by atoms with Crippen molar-refractivity contribution in [2.24, 2.45) is 0 Å². The highest BCUT2D eigenvalue weighted by Gasteiger charge is 2.53. The summed E-state index contributed by atoms with van der Waals surface area (Å²) in [4.78, 5) is 39.1. The third-order valence-electron chi connectivity index (χ3n) is 5.34. The number of nitrogens with zero attached hydrogens (tertiary/aromatic N) is 1. The fourth-order valence-electron chi connectivity index (χ4n) is 3.81. The van der Waals surface area contributed by atoms with Crippen molar-refractivity contribution >= 4 is 23.5 Å². The van der Waals surface area contributed by atoms with Gasteiger partial charge >= 0.3 is 11.9 Å². The van der Waals surface area contributed by atoms with Gasteiger partial charge in [0.25, 0.3) is 5.91 Å². The Bertz CT molecular complexity index is 990. The van der Waals surface area contributed by atoms with Gasteiger partial charge in [-0.1, -0.05) is 36.4 Å². The number of carbonyl (C=O) groups is 3. The second-order valence-corrected chi connectivity index (χ2v) is 7.45. The first-order valence-electron chi connectivity index (χ1n) is 10.4. The summed E-state index contributed by atoms with van der Waals surface area (Å²) in [5.74, 6) is -0.966. The van der Waals surface area contributed by atoms with Crippen molar-refractivity contribution in [1.82, 2.24) is 0 Å². The molecule has 0 radical (unpaired) electrons. The van der Waals surface area contributed by atoms with Crippen molar-refractivity contribution < 1.29 is 33.3 Å². The summed E-state index contributed by atoms with van der Waals surface area (Å²) in [6.45, 7) is 4.98. The van der Waals surface area contributed by atoms with Gasteiger partial charge in [-0.25, -0.2) is 4.79 Å². The first kappa shape index (κ1) is 24.0. The Hall–Kier alpha value is -3.65. The molecule has 2 aromatic carbocycles. The molecule has 1 saturated heterocycles. The second kappa shape index (κ2) is 10.8. The molecular formula is C25H27NO7. The Morgan fingerprint density at radius 1 is 1.06 bits per heavy atom. The van der Waals surface area contributed by atoms with Crippen LogP contribution in [0, 0.1) is 0 Å². The molecular weight excluding hydrogens is 426 g/mol. The lowest BCUT2D eigenvalue weighted by molar-refractivity contribution is -0.175. The quantitative estimate of drug-likeness (QED) is 0.310. The third-order valence-corrected chi connectivity index (χ3v) is 5.34. The summed E-state index contributed by atoms with van der Waals surface area (Å²) in [6.07, 6.45) is -0.946. The van der Waals surface area contributed by atoms with Gasteiger partial charge in [0.1, 0.15) is 17.9 Å². The molecule has 0 aliphatic carbocycles. The first-order valence-corrected chi connectivity index (χ1v) is 10.4. The fraction of sp³-hybridized carbons (Fsp3) is 0.320. The highest BCUT2D eigenvalue weighted by atomic mass is 16.6. The van der Waals surface area contributed by atoms with Crippen LogP contribution in [-0.4, -0.2) is 50.3 Å². The average Bonchev–Trinajstić information content (AvgIpc) is 2.81. The van der Waals surface area contributed by atoms with E-state index in [-0.39, 0.29) is 12.3 Å². The van der Waals surface area contributed by atoms with Crippen LogP contribution in [0.1, 0.15) is 25.0 Å². The maximum atomic E-state index is 13.1. The molecule has 0 bridgehead atoms. The summed E-state index contributed by atoms with van der Waals surface area (Å²) in [5.41, 5.74) is 1.10. The number of amides is 1. The van der Waals surface area contributed by atoms with Crippen LogP contribution < -0.4 is 9.64 Å². The largest absolute Gasteiger partial charge is 0.497 e. The van der Waals surface area contributed by atoms with Gasteiger partial charge in [-0.2, -0.15) is 0 Å². The van der Waals surface area contributed by atoms with Gasteiger partial charge in [-0.05, 0) is 24.3 Å². The molecule has 0 spiro atoms. The minimum atomic E-state index is -1.23. The zero-order chi connectivity index (χ0) is 24.0. The highest BCUT2D eigenvalue weighted by molar-refractivity contribution is 6.05. The Morgan fingerprint density at radius 3 is 2.27 bits per heavy atom. The zero-order valence-corrected chi connectivity index (χ0v) is 18.8. The molecule has 2 aromatic rings. The van der Waals surface area contributed by atoms with Crippen LogP contribution in [0.4, 0.5) is 5.69 Å². The lowest BCUT2D eigenvalue weighted by Crippen LogP contribution is -2.70. The number of anilines is 1. The van der Waals surface area contributed by atoms with Crippen molar-refractivity contribution in [2.45, 2.75) is 37.7 Å². The molecule has 0 saturated carbocycles. The summed E-state index contributed by atoms with van der Waals surface area (Å²) >= 11 is 0. The number of carbonyl (C=O) groups excluding carboxylic acids is 3. The number of methoxy groups -OCH3 is 2. The van der Waals surface area contributed by atoms with E-state index in [1.807, 2.05) is 0 Å². The number of benzene rings is 2. The molecule has 0 aromatic heterocycles. The molecule has 1 heterocycles. The van der Waals surface area contributed by atoms with Crippen LogP contribution in [0.5, 0.6) is 5.75 Å². The number of esters is 2. The Morgan fingerprint density at radius 2 is 1.73 bits per heavy atom. The van der Waals surface area contributed by atoms with Crippen molar-refractivity contribution in [3.63, 3.8) is 0 Å². The zero-order valence-electron chi connectivity index (χ0n) is 18.8. The lowest BCUT2D eigenvalue weighted by Gasteiger charge is -2.48. The summed E-state index contributed by atoms with van der Waals surface area (Å²) < 4.78 is 21.6. The summed E-state index contributed by atoms with van der Waals surface area (Å²) in [7, 11) is 2.98. The van der Waals surface area contributed by atoms with E-state index < -0.39 is 36.3 Å². The van der Waals surface area contributed by atoms with E-state index in [2.05, 4.69) is 6.58 Å². The number of ether oxygens (including phenoxy) is 4. The van der Waals surface area contributed by atoms with Gasteiger partial charge in [-0.3, -0.25) is 9.59 Å². The molecule has 33 heavy (non-hydrogen) atoms. The summed E-state index contributed by atoms with van der Waals surface area (Å²) in [6, 6.07) is 15.0. The molecule has 1 amide bonds. The molecule has 4 atom stereocenters. The molecule has 1 aliphatic heterocycles. The minimum absolute atomic E-state index is 0.252. The topological polar surface area (TPSA) is 91.4 Å². The van der Waals surface area contributed by atoms with Crippen molar-refractivity contribution in [2.75, 3.05) is 19.1 Å². The van der Waals surface area contributed by atoms with E-state index in [4.69, 9.17) is 18.9 Å². The third kappa shape index (κ3) is 5.23. The Balaban J connectivity index is 1.88. The summed E-state index contributed by atoms with van der Waals surface area (Å²) in [5, 5.41) is 0. The van der Waals surface area contributed by atoms with Gasteiger partial charge in [-0.15, -0.1) is 6.58 Å². The van der Waals surface area contributed by atoms with Crippen molar-refractivity contribution in [3.8, 4) is 5.75 Å². The van der Waals surface area contributed by atoms with E-state index in [9.17, 15) is 14.4 Å². The van der Waals surface area contributed by atoms with Gasteiger partial charge in [0.15, 0.2) is 6.10 Å². The van der Waals surface area contributed by atoms with Gasteiger partial charge in [0, 0.05) is 31.7 Å². The van der Waals surface area contributed by atoms with Crippen LogP contribution in [0.15, 0.2) is 67.3 Å². The molecule has 1 aliphatic rings. The highest BCUT2D eigenvalue weighted by Crippen LogP contribution is 2.35. The van der Waals surface area contributed by atoms with E-state index in [0.29, 0.717) is 17.0 Å². The van der Waals surface area contributed by atoms with E-state index in [1.165, 1.54) is 18.9 Å². The normalized spacial score (nSPS) is 19.1. The van der Waals surface area contributed by atoms with Crippen LogP contribution in [0.2, 0.25) is 0 Å². The van der Waals surface area contributed by atoms with Crippen LogP contribution >= 0.6 is 0 Å². The second-order valence-electron chi connectivity index (χ2n) is 7.45. The monoisotopic (exact) mass is 453 g/mol. The number of hydrogen-bond donors (Lipinski definition) is 0. The lowest BCUT2D eigenvalue weighted by atomic mass is 9.89. The van der Waals surface area contributed by atoms with Crippen molar-refractivity contribution in [1.29, 1.82) is 0 Å². The number of rotatable bonds is 10. The molecule has 0 unspecified atom stereocenters. The van der Waals surface area contributed by atoms with Crippen molar-refractivity contribution in [3.05, 3.63) is 72.8 Å². The fourth-order valence-corrected chi connectivity index (χ4v) is 3.81. The standard InChI is InChI=1S/C25H27NO7/c1-5-9-20(33-25(29)22(32-16(2)27)17-10-7-6-8-11-17)21-23(31-4)24(28)26(21)18-12-14-19(30-3)15-13-18/h5-8,10-15,20-23H,1,9H2,2-4H3/t20-,21+,22-,23-/m1/s1. The van der Waals surface area contributed by atoms with E-state index in [0.717, 1.165) is 0 Å². The Kier molecular flexibility index (Phi) is 7.84. The molecule has 3 rings (SSSR count). The molecule has 0 N–H and O–H groups in total. The minimum Gasteiger partial charge on any atom is -0.497 e. The Labute approximate surface area is 192 Å². The van der Waals surface area contributed by atoms with E-state index in [1.54, 1.807) is 67.8 Å². The predicted molar refractivity (Wildman–Crippen MR) is 121 cm³/mol. The first-order chi connectivity index (χ1) is 15.9. The molecule has 8 heteroatoms. The molecule has 8 nitrogen and oxygen atoms in total. The maximum absolute atomic E-state index is 13.1. The van der Waals surface area contributed by atoms with Crippen LogP contribution in [0.25, 0.3) is 0 Å². The SMILES string of the molecule is C=CC[C@@H](OC(=O)[C@H](OC(C)=O)c1ccccc1)[C@H]1[C@@H](OC)C(=O)N1c1ccc(OC)cc1. The smallest absolute Gasteiger partial charge is 0.352 e. The number of hydrogen-bond acceptors (Lipinski definition) is 7. The average molecular weight is 453 g/mol. The molecule has 1 fully saturated rings. The van der Waals surface area contributed by atoms with E-state index >= 15 is 0 Å². The van der Waals surface area contributed by atoms with Crippen LogP contribution in [-0.2, 0) is 28.6 Å².